The lowest BCUT2D eigenvalue weighted by atomic mass is 9.76. The summed E-state index contributed by atoms with van der Waals surface area (Å²) >= 11 is 0. The van der Waals surface area contributed by atoms with Crippen LogP contribution in [0.4, 0.5) is 0 Å². The van der Waals surface area contributed by atoms with Crippen molar-refractivity contribution in [1.29, 1.82) is 0 Å². The summed E-state index contributed by atoms with van der Waals surface area (Å²) in [6.45, 7) is 3.18. The standard InChI is InChI=1S/C22H36N4O3/c1-25-16-22(14-18(25)21-23-19(15-28-2)29-24-21)10-12-26(13-11-22)20(27)9-8-17-6-4-3-5-7-17/h17-18H,3-16H2,1-2H3. The van der Waals surface area contributed by atoms with Gasteiger partial charge in [0.2, 0.25) is 5.91 Å². The van der Waals surface area contributed by atoms with E-state index in [2.05, 4.69) is 27.0 Å². The van der Waals surface area contributed by atoms with E-state index in [1.807, 2.05) is 0 Å². The smallest absolute Gasteiger partial charge is 0.252 e. The minimum Gasteiger partial charge on any atom is -0.375 e. The Kier molecular flexibility index (Phi) is 6.54. The largest absolute Gasteiger partial charge is 0.375 e. The van der Waals surface area contributed by atoms with E-state index in [1.54, 1.807) is 7.11 Å². The molecule has 0 N–H and O–H groups in total. The Bertz CT molecular complexity index is 677. The van der Waals surface area contributed by atoms with Crippen LogP contribution in [0, 0.1) is 11.3 Å². The van der Waals surface area contributed by atoms with E-state index in [-0.39, 0.29) is 11.5 Å². The number of methoxy groups -OCH3 is 1. The van der Waals surface area contributed by atoms with Gasteiger partial charge in [-0.05, 0) is 44.1 Å². The third-order valence-corrected chi connectivity index (χ3v) is 7.46. The third kappa shape index (κ3) is 4.82. The molecule has 0 bridgehead atoms. The predicted octanol–water partition coefficient (Wildman–Crippen LogP) is 3.56. The van der Waals surface area contributed by atoms with Crippen molar-refractivity contribution >= 4 is 5.91 Å². The molecule has 1 aromatic heterocycles. The van der Waals surface area contributed by atoms with Gasteiger partial charge in [-0.3, -0.25) is 9.69 Å². The molecule has 4 rings (SSSR count). The summed E-state index contributed by atoms with van der Waals surface area (Å²) in [6.07, 6.45) is 11.8. The number of piperidine rings is 1. The van der Waals surface area contributed by atoms with Gasteiger partial charge >= 0.3 is 0 Å². The van der Waals surface area contributed by atoms with E-state index >= 15 is 0 Å². The van der Waals surface area contributed by atoms with Crippen LogP contribution >= 0.6 is 0 Å². The fraction of sp³-hybridized carbons (Fsp3) is 0.864. The molecule has 29 heavy (non-hydrogen) atoms. The van der Waals surface area contributed by atoms with Crippen molar-refractivity contribution < 1.29 is 14.1 Å². The molecule has 2 saturated heterocycles. The van der Waals surface area contributed by atoms with Gasteiger partial charge in [-0.1, -0.05) is 37.3 Å². The molecular formula is C22H36N4O3. The molecule has 162 valence electrons. The first kappa shape index (κ1) is 20.8. The number of carbonyl (C=O) groups is 1. The van der Waals surface area contributed by atoms with Gasteiger partial charge in [0, 0.05) is 33.2 Å². The first-order valence-electron chi connectivity index (χ1n) is 11.4. The van der Waals surface area contributed by atoms with Crippen LogP contribution in [0.25, 0.3) is 0 Å². The van der Waals surface area contributed by atoms with E-state index in [4.69, 9.17) is 9.26 Å². The highest BCUT2D eigenvalue weighted by Crippen LogP contribution is 2.47. The van der Waals surface area contributed by atoms with Crippen LogP contribution in [0.1, 0.15) is 82.0 Å². The summed E-state index contributed by atoms with van der Waals surface area (Å²) in [5.74, 6) is 2.46. The number of hydrogen-bond acceptors (Lipinski definition) is 6. The average molecular weight is 405 g/mol. The van der Waals surface area contributed by atoms with Gasteiger partial charge in [0.25, 0.3) is 5.89 Å². The Morgan fingerprint density at radius 3 is 2.72 bits per heavy atom. The lowest BCUT2D eigenvalue weighted by molar-refractivity contribution is -0.133. The monoisotopic (exact) mass is 404 g/mol. The highest BCUT2D eigenvalue weighted by Gasteiger charge is 2.46. The highest BCUT2D eigenvalue weighted by molar-refractivity contribution is 5.76. The second kappa shape index (κ2) is 9.13. The first-order valence-corrected chi connectivity index (χ1v) is 11.4. The zero-order valence-electron chi connectivity index (χ0n) is 18.1. The van der Waals surface area contributed by atoms with Crippen molar-refractivity contribution in [3.8, 4) is 0 Å². The molecule has 1 saturated carbocycles. The second-order valence-electron chi connectivity index (χ2n) is 9.54. The Balaban J connectivity index is 1.27. The Labute approximate surface area is 174 Å². The number of ether oxygens (including phenoxy) is 1. The topological polar surface area (TPSA) is 71.7 Å². The molecule has 3 heterocycles. The minimum absolute atomic E-state index is 0.193. The Morgan fingerprint density at radius 1 is 1.24 bits per heavy atom. The molecule has 1 aliphatic carbocycles. The van der Waals surface area contributed by atoms with Crippen molar-refractivity contribution in [1.82, 2.24) is 19.9 Å². The maximum absolute atomic E-state index is 12.7. The van der Waals surface area contributed by atoms with E-state index in [1.165, 1.54) is 32.1 Å². The van der Waals surface area contributed by atoms with Gasteiger partial charge in [-0.15, -0.1) is 0 Å². The molecule has 1 atom stereocenters. The lowest BCUT2D eigenvalue weighted by Crippen LogP contribution is -2.44. The summed E-state index contributed by atoms with van der Waals surface area (Å²) in [6, 6.07) is 0.193. The molecule has 3 aliphatic rings. The predicted molar refractivity (Wildman–Crippen MR) is 109 cm³/mol. The van der Waals surface area contributed by atoms with E-state index in [0.717, 1.165) is 63.5 Å². The third-order valence-electron chi connectivity index (χ3n) is 7.46. The molecule has 7 heteroatoms. The molecule has 1 unspecified atom stereocenters. The molecule has 1 amide bonds. The van der Waals surface area contributed by atoms with E-state index in [9.17, 15) is 4.79 Å². The van der Waals surface area contributed by atoms with Crippen LogP contribution in [0.15, 0.2) is 4.52 Å². The van der Waals surface area contributed by atoms with Crippen LogP contribution in [-0.4, -0.2) is 59.6 Å². The van der Waals surface area contributed by atoms with Crippen LogP contribution < -0.4 is 0 Å². The fourth-order valence-corrected chi connectivity index (χ4v) is 5.70. The van der Waals surface area contributed by atoms with Gasteiger partial charge in [0.1, 0.15) is 6.61 Å². The number of amides is 1. The van der Waals surface area contributed by atoms with Gasteiger partial charge in [0.15, 0.2) is 5.82 Å². The lowest BCUT2D eigenvalue weighted by Gasteiger charge is -2.39. The van der Waals surface area contributed by atoms with Crippen molar-refractivity contribution in [2.75, 3.05) is 33.8 Å². The molecule has 2 aliphatic heterocycles. The summed E-state index contributed by atoms with van der Waals surface area (Å²) in [5.41, 5.74) is 0.265. The maximum Gasteiger partial charge on any atom is 0.252 e. The first-order chi connectivity index (χ1) is 14.1. The summed E-state index contributed by atoms with van der Waals surface area (Å²) in [5, 5.41) is 4.18. The zero-order valence-corrected chi connectivity index (χ0v) is 18.1. The SMILES string of the molecule is COCc1nc(C2CC3(CCN(C(=O)CCC4CCCCC4)CC3)CN2C)no1. The van der Waals surface area contributed by atoms with Crippen LogP contribution in [-0.2, 0) is 16.1 Å². The summed E-state index contributed by atoms with van der Waals surface area (Å²) in [7, 11) is 3.78. The number of rotatable bonds is 6. The number of carbonyl (C=O) groups excluding carboxylic acids is 1. The zero-order chi connectivity index (χ0) is 20.3. The normalized spacial score (nSPS) is 25.7. The van der Waals surface area contributed by atoms with Crippen LogP contribution in [0.5, 0.6) is 0 Å². The van der Waals surface area contributed by atoms with E-state index in [0.29, 0.717) is 18.4 Å². The minimum atomic E-state index is 0.193. The molecule has 3 fully saturated rings. The quantitative estimate of drug-likeness (QED) is 0.722. The van der Waals surface area contributed by atoms with Crippen molar-refractivity contribution in [2.24, 2.45) is 11.3 Å². The van der Waals surface area contributed by atoms with Crippen LogP contribution in [0.2, 0.25) is 0 Å². The van der Waals surface area contributed by atoms with E-state index < -0.39 is 0 Å². The van der Waals surface area contributed by atoms with Gasteiger partial charge < -0.3 is 14.2 Å². The van der Waals surface area contributed by atoms with Gasteiger partial charge in [-0.25, -0.2) is 0 Å². The van der Waals surface area contributed by atoms with Gasteiger partial charge in [-0.2, -0.15) is 4.98 Å². The molecule has 7 nitrogen and oxygen atoms in total. The Morgan fingerprint density at radius 2 is 2.00 bits per heavy atom. The molecule has 0 radical (unpaired) electrons. The second-order valence-corrected chi connectivity index (χ2v) is 9.54. The Hall–Kier alpha value is -1.47. The van der Waals surface area contributed by atoms with Crippen molar-refractivity contribution in [2.45, 2.75) is 76.9 Å². The van der Waals surface area contributed by atoms with Crippen LogP contribution in [0.3, 0.4) is 0 Å². The van der Waals surface area contributed by atoms with Crippen molar-refractivity contribution in [3.05, 3.63) is 11.7 Å². The number of nitrogens with zero attached hydrogens (tertiary/aromatic N) is 4. The number of hydrogen-bond donors (Lipinski definition) is 0. The number of aromatic nitrogens is 2. The highest BCUT2D eigenvalue weighted by atomic mass is 16.5. The molecular weight excluding hydrogens is 368 g/mol. The average Bonchev–Trinajstić information content (AvgIpc) is 3.32. The fourth-order valence-electron chi connectivity index (χ4n) is 5.70. The summed E-state index contributed by atoms with van der Waals surface area (Å²) in [4.78, 5) is 21.7. The molecule has 1 spiro atoms. The van der Waals surface area contributed by atoms with Gasteiger partial charge in [0.05, 0.1) is 6.04 Å². The maximum atomic E-state index is 12.7. The number of likely N-dealkylation sites (tertiary alicyclic amines) is 2. The molecule has 0 aromatic carbocycles. The summed E-state index contributed by atoms with van der Waals surface area (Å²) < 4.78 is 10.4. The molecule has 1 aromatic rings. The van der Waals surface area contributed by atoms with Crippen molar-refractivity contribution in [3.63, 3.8) is 0 Å².